The third kappa shape index (κ3) is 3.86. The fraction of sp³-hybridized carbons (Fsp3) is 0.312. The first-order valence-electron chi connectivity index (χ1n) is 7.38. The lowest BCUT2D eigenvalue weighted by atomic mass is 10.3. The summed E-state index contributed by atoms with van der Waals surface area (Å²) >= 11 is 3.42. The molecule has 0 bridgehead atoms. The van der Waals surface area contributed by atoms with Crippen LogP contribution in [-0.2, 0) is 4.74 Å². The second-order valence-corrected chi connectivity index (χ2v) is 6.05. The minimum absolute atomic E-state index is 0.253. The number of nitrogens with one attached hydrogen (secondary N) is 1. The van der Waals surface area contributed by atoms with Gasteiger partial charge in [0.05, 0.1) is 18.9 Å². The molecule has 1 aromatic heterocycles. The Hall–Kier alpha value is -1.99. The molecule has 1 fully saturated rings. The van der Waals surface area contributed by atoms with Crippen LogP contribution < -0.4 is 10.2 Å². The molecule has 1 saturated heterocycles. The zero-order chi connectivity index (χ0) is 16.2. The Labute approximate surface area is 143 Å². The molecule has 2 aromatic rings. The van der Waals surface area contributed by atoms with Crippen molar-refractivity contribution in [3.8, 4) is 0 Å². The summed E-state index contributed by atoms with van der Waals surface area (Å²) in [6.07, 6.45) is 0. The summed E-state index contributed by atoms with van der Waals surface area (Å²) in [6.45, 7) is 4.66. The number of aryl methyl sites for hydroxylation is 1. The van der Waals surface area contributed by atoms with E-state index in [0.717, 1.165) is 23.4 Å². The van der Waals surface area contributed by atoms with Crippen LogP contribution in [0.5, 0.6) is 0 Å². The number of ether oxygens (including phenoxy) is 1. The molecule has 2 heterocycles. The molecule has 1 aliphatic heterocycles. The van der Waals surface area contributed by atoms with Gasteiger partial charge in [-0.05, 0) is 35.0 Å². The van der Waals surface area contributed by atoms with E-state index in [-0.39, 0.29) is 5.91 Å². The molecule has 0 atom stereocenters. The first-order chi connectivity index (χ1) is 11.1. The lowest BCUT2D eigenvalue weighted by Crippen LogP contribution is -2.37. The molecule has 6 nitrogen and oxygen atoms in total. The predicted molar refractivity (Wildman–Crippen MR) is 91.9 cm³/mol. The van der Waals surface area contributed by atoms with Crippen LogP contribution >= 0.6 is 15.9 Å². The lowest BCUT2D eigenvalue weighted by Gasteiger charge is -2.28. The Morgan fingerprint density at radius 3 is 2.74 bits per heavy atom. The van der Waals surface area contributed by atoms with E-state index >= 15 is 0 Å². The number of carbonyl (C=O) groups excluding carboxylic acids is 1. The van der Waals surface area contributed by atoms with Crippen LogP contribution in [0.1, 0.15) is 16.3 Å². The van der Waals surface area contributed by atoms with Gasteiger partial charge in [-0.1, -0.05) is 12.1 Å². The Morgan fingerprint density at radius 2 is 2.00 bits per heavy atom. The molecule has 1 aromatic carbocycles. The number of nitrogens with zero attached hydrogens (tertiary/aromatic N) is 3. The summed E-state index contributed by atoms with van der Waals surface area (Å²) < 4.78 is 6.18. The zero-order valence-corrected chi connectivity index (χ0v) is 14.3. The van der Waals surface area contributed by atoms with E-state index in [2.05, 4.69) is 36.1 Å². The molecule has 7 heteroatoms. The van der Waals surface area contributed by atoms with E-state index in [1.807, 2.05) is 24.3 Å². The SMILES string of the molecule is Cc1nc(C(=O)Nc2ccccc2Br)cc(N2CCOCC2)n1. The van der Waals surface area contributed by atoms with Crippen LogP contribution in [0.25, 0.3) is 0 Å². The highest BCUT2D eigenvalue weighted by Crippen LogP contribution is 2.22. The van der Waals surface area contributed by atoms with Gasteiger partial charge in [-0.2, -0.15) is 0 Å². The van der Waals surface area contributed by atoms with Gasteiger partial charge >= 0.3 is 0 Å². The maximum absolute atomic E-state index is 12.5. The van der Waals surface area contributed by atoms with Crippen molar-refractivity contribution in [2.75, 3.05) is 36.5 Å². The number of anilines is 2. The third-order valence-corrected chi connectivity index (χ3v) is 4.21. The fourth-order valence-electron chi connectivity index (χ4n) is 2.37. The highest BCUT2D eigenvalue weighted by atomic mass is 79.9. The van der Waals surface area contributed by atoms with Crippen molar-refractivity contribution in [3.05, 3.63) is 46.3 Å². The Morgan fingerprint density at radius 1 is 1.26 bits per heavy atom. The summed E-state index contributed by atoms with van der Waals surface area (Å²) in [4.78, 5) is 23.3. The molecule has 0 aliphatic carbocycles. The highest BCUT2D eigenvalue weighted by Gasteiger charge is 2.17. The largest absolute Gasteiger partial charge is 0.378 e. The molecule has 3 rings (SSSR count). The molecule has 1 N–H and O–H groups in total. The molecule has 1 amide bonds. The Kier molecular flexibility index (Phi) is 4.88. The second-order valence-electron chi connectivity index (χ2n) is 5.19. The van der Waals surface area contributed by atoms with Gasteiger partial charge in [-0.3, -0.25) is 4.79 Å². The number of aromatic nitrogens is 2. The summed E-state index contributed by atoms with van der Waals surface area (Å²) in [5.74, 6) is 1.08. The number of amides is 1. The maximum atomic E-state index is 12.5. The molecule has 120 valence electrons. The monoisotopic (exact) mass is 376 g/mol. The number of rotatable bonds is 3. The second kappa shape index (κ2) is 7.06. The number of hydrogen-bond donors (Lipinski definition) is 1. The number of hydrogen-bond acceptors (Lipinski definition) is 5. The summed E-state index contributed by atoms with van der Waals surface area (Å²) in [6, 6.07) is 9.19. The molecular formula is C16H17BrN4O2. The fourth-order valence-corrected chi connectivity index (χ4v) is 2.76. The van der Waals surface area contributed by atoms with Crippen LogP contribution in [0, 0.1) is 6.92 Å². The number of halogens is 1. The van der Waals surface area contributed by atoms with Crippen molar-refractivity contribution in [2.45, 2.75) is 6.92 Å². The number of para-hydroxylation sites is 1. The molecule has 0 spiro atoms. The maximum Gasteiger partial charge on any atom is 0.274 e. The van der Waals surface area contributed by atoms with E-state index in [1.54, 1.807) is 13.0 Å². The van der Waals surface area contributed by atoms with Crippen molar-refractivity contribution in [1.82, 2.24) is 9.97 Å². The average Bonchev–Trinajstić information content (AvgIpc) is 2.57. The minimum atomic E-state index is -0.253. The third-order valence-electron chi connectivity index (χ3n) is 3.51. The van der Waals surface area contributed by atoms with Crippen molar-refractivity contribution in [2.24, 2.45) is 0 Å². The van der Waals surface area contributed by atoms with Crippen LogP contribution in [0.3, 0.4) is 0 Å². The lowest BCUT2D eigenvalue weighted by molar-refractivity contribution is 0.102. The minimum Gasteiger partial charge on any atom is -0.378 e. The van der Waals surface area contributed by atoms with Crippen molar-refractivity contribution in [3.63, 3.8) is 0 Å². The summed E-state index contributed by atoms with van der Waals surface area (Å²) in [5, 5.41) is 2.86. The number of morpholine rings is 1. The van der Waals surface area contributed by atoms with Crippen molar-refractivity contribution in [1.29, 1.82) is 0 Å². The van der Waals surface area contributed by atoms with E-state index in [4.69, 9.17) is 4.74 Å². The van der Waals surface area contributed by atoms with Gasteiger partial charge in [0.2, 0.25) is 0 Å². The van der Waals surface area contributed by atoms with E-state index in [0.29, 0.717) is 30.4 Å². The van der Waals surface area contributed by atoms with Gasteiger partial charge in [0.25, 0.3) is 5.91 Å². The quantitative estimate of drug-likeness (QED) is 0.891. The van der Waals surface area contributed by atoms with Gasteiger partial charge in [-0.25, -0.2) is 9.97 Å². The van der Waals surface area contributed by atoms with E-state index in [1.165, 1.54) is 0 Å². The summed E-state index contributed by atoms with van der Waals surface area (Å²) in [7, 11) is 0. The van der Waals surface area contributed by atoms with Crippen LogP contribution in [0.2, 0.25) is 0 Å². The normalized spacial score (nSPS) is 14.6. The van der Waals surface area contributed by atoms with Gasteiger partial charge in [-0.15, -0.1) is 0 Å². The first kappa shape index (κ1) is 15.9. The molecule has 23 heavy (non-hydrogen) atoms. The molecule has 0 radical (unpaired) electrons. The van der Waals surface area contributed by atoms with Gasteiger partial charge in [0.1, 0.15) is 17.3 Å². The Bertz CT molecular complexity index is 717. The van der Waals surface area contributed by atoms with Gasteiger partial charge in [0.15, 0.2) is 0 Å². The highest BCUT2D eigenvalue weighted by molar-refractivity contribution is 9.10. The predicted octanol–water partition coefficient (Wildman–Crippen LogP) is 2.64. The van der Waals surface area contributed by atoms with Gasteiger partial charge < -0.3 is 15.0 Å². The average molecular weight is 377 g/mol. The molecular weight excluding hydrogens is 360 g/mol. The first-order valence-corrected chi connectivity index (χ1v) is 8.17. The number of benzene rings is 1. The van der Waals surface area contributed by atoms with Crippen molar-refractivity contribution >= 4 is 33.3 Å². The van der Waals surface area contributed by atoms with Crippen molar-refractivity contribution < 1.29 is 9.53 Å². The van der Waals surface area contributed by atoms with Crippen LogP contribution in [0.15, 0.2) is 34.8 Å². The van der Waals surface area contributed by atoms with Crippen LogP contribution in [-0.4, -0.2) is 42.2 Å². The van der Waals surface area contributed by atoms with E-state index in [9.17, 15) is 4.79 Å². The molecule has 0 unspecified atom stereocenters. The molecule has 0 saturated carbocycles. The standard InChI is InChI=1S/C16H17BrN4O2/c1-11-18-14(10-15(19-11)21-6-8-23-9-7-21)16(22)20-13-5-3-2-4-12(13)17/h2-5,10H,6-9H2,1H3,(H,20,22). The molecule has 1 aliphatic rings. The summed E-state index contributed by atoms with van der Waals surface area (Å²) in [5.41, 5.74) is 1.07. The smallest absolute Gasteiger partial charge is 0.274 e. The Balaban J connectivity index is 1.83. The topological polar surface area (TPSA) is 67.4 Å². The zero-order valence-electron chi connectivity index (χ0n) is 12.8. The van der Waals surface area contributed by atoms with E-state index < -0.39 is 0 Å². The van der Waals surface area contributed by atoms with Crippen LogP contribution in [0.4, 0.5) is 11.5 Å². The van der Waals surface area contributed by atoms with Gasteiger partial charge in [0, 0.05) is 23.6 Å². The number of carbonyl (C=O) groups is 1.